The third-order valence-electron chi connectivity index (χ3n) is 11.6. The summed E-state index contributed by atoms with van der Waals surface area (Å²) in [7, 11) is 0. The highest BCUT2D eigenvalue weighted by Gasteiger charge is 2.18. The van der Waals surface area contributed by atoms with Crippen LogP contribution in [0.15, 0.2) is 223 Å². The van der Waals surface area contributed by atoms with Crippen LogP contribution < -0.4 is 4.90 Å². The smallest absolute Gasteiger partial charge is 0.143 e. The van der Waals surface area contributed by atoms with Gasteiger partial charge in [0.2, 0.25) is 0 Å². The minimum Gasteiger partial charge on any atom is -0.455 e. The number of hydrogen-bond acceptors (Lipinski definition) is 2. The van der Waals surface area contributed by atoms with Crippen molar-refractivity contribution in [3.8, 4) is 27.9 Å². The van der Waals surface area contributed by atoms with E-state index in [1.807, 2.05) is 48.5 Å². The third kappa shape index (κ3) is 5.51. The van der Waals surface area contributed by atoms with Gasteiger partial charge in [-0.3, -0.25) is 0 Å². The second-order valence-electron chi connectivity index (χ2n) is 15.0. The monoisotopic (exact) mass is 757 g/mol. The predicted octanol–water partition coefficient (Wildman–Crippen LogP) is 15.8. The van der Waals surface area contributed by atoms with Crippen LogP contribution in [0.3, 0.4) is 0 Å². The molecular weight excluding hydrogens is 717 g/mol. The van der Waals surface area contributed by atoms with Crippen LogP contribution in [0.5, 0.6) is 0 Å². The molecule has 3 nitrogen and oxygen atoms in total. The summed E-state index contributed by atoms with van der Waals surface area (Å²) in [6.45, 7) is 0. The van der Waals surface area contributed by atoms with Crippen LogP contribution in [0.25, 0.3) is 93.2 Å². The molecule has 2 aromatic heterocycles. The minimum atomic E-state index is -0.409. The number of nitrogens with zero attached hydrogens (tertiary/aromatic N) is 2. The lowest BCUT2D eigenvalue weighted by molar-refractivity contribution is 0.672. The lowest BCUT2D eigenvalue weighted by Crippen LogP contribution is -2.10. The van der Waals surface area contributed by atoms with Crippen molar-refractivity contribution in [1.82, 2.24) is 4.57 Å². The van der Waals surface area contributed by atoms with Gasteiger partial charge >= 0.3 is 0 Å². The van der Waals surface area contributed by atoms with Crippen LogP contribution in [0.1, 0.15) is 6.85 Å². The fourth-order valence-corrected chi connectivity index (χ4v) is 8.82. The van der Waals surface area contributed by atoms with E-state index in [1.165, 1.54) is 16.3 Å². The van der Waals surface area contributed by atoms with E-state index in [0.29, 0.717) is 5.56 Å². The molecule has 0 unspecified atom stereocenters. The van der Waals surface area contributed by atoms with Crippen LogP contribution >= 0.6 is 0 Å². The Bertz CT molecular complexity index is 3830. The first-order valence-corrected chi connectivity index (χ1v) is 19.7. The van der Waals surface area contributed by atoms with Gasteiger partial charge in [0.05, 0.1) is 17.9 Å². The summed E-state index contributed by atoms with van der Waals surface area (Å²) in [5.41, 5.74) is 10.8. The zero-order chi connectivity index (χ0) is 43.2. The van der Waals surface area contributed by atoms with Gasteiger partial charge < -0.3 is 13.9 Å². The van der Waals surface area contributed by atoms with E-state index in [2.05, 4.69) is 149 Å². The Kier molecular flexibility index (Phi) is 6.46. The number of hydrogen-bond donors (Lipinski definition) is 0. The highest BCUT2D eigenvalue weighted by molar-refractivity contribution is 6.15. The van der Waals surface area contributed by atoms with Crippen molar-refractivity contribution in [3.63, 3.8) is 0 Å². The Balaban J connectivity index is 0.997. The molecule has 12 rings (SSSR count). The molecule has 0 aliphatic carbocycles. The number of furan rings is 1. The van der Waals surface area contributed by atoms with Crippen LogP contribution in [-0.4, -0.2) is 4.57 Å². The van der Waals surface area contributed by atoms with Crippen molar-refractivity contribution in [2.45, 2.75) is 0 Å². The quantitative estimate of drug-likeness (QED) is 0.168. The van der Waals surface area contributed by atoms with Gasteiger partial charge in [-0.2, -0.15) is 0 Å². The lowest BCUT2D eigenvalue weighted by atomic mass is 9.98. The number of para-hydroxylation sites is 3. The van der Waals surface area contributed by atoms with Crippen LogP contribution in [0, 0.1) is 0 Å². The molecule has 12 aromatic rings. The Labute approximate surface area is 348 Å². The van der Waals surface area contributed by atoms with Gasteiger partial charge in [-0.1, -0.05) is 127 Å². The summed E-state index contributed by atoms with van der Waals surface area (Å²) < 4.78 is 50.7. The number of fused-ring (bicyclic) bond motifs is 9. The average molecular weight is 758 g/mol. The largest absolute Gasteiger partial charge is 0.455 e. The molecule has 0 saturated carbocycles. The molecule has 0 aliphatic heterocycles. The normalized spacial score (nSPS) is 12.9. The van der Waals surface area contributed by atoms with E-state index < -0.39 is 6.04 Å². The van der Waals surface area contributed by atoms with Crippen molar-refractivity contribution >= 4 is 82.4 Å². The van der Waals surface area contributed by atoms with Crippen LogP contribution in [-0.2, 0) is 0 Å². The fourth-order valence-electron chi connectivity index (χ4n) is 8.82. The zero-order valence-corrected chi connectivity index (χ0v) is 31.7. The van der Waals surface area contributed by atoms with E-state index in [9.17, 15) is 0 Å². The van der Waals surface area contributed by atoms with Crippen LogP contribution in [0.2, 0.25) is 0 Å². The first kappa shape index (κ1) is 28.5. The van der Waals surface area contributed by atoms with Gasteiger partial charge in [0.1, 0.15) is 11.2 Å². The Morgan fingerprint density at radius 3 is 1.88 bits per heavy atom. The third-order valence-corrected chi connectivity index (χ3v) is 11.6. The van der Waals surface area contributed by atoms with Gasteiger partial charge in [-0.25, -0.2) is 0 Å². The fraction of sp³-hybridized carbons (Fsp3) is 0. The summed E-state index contributed by atoms with van der Waals surface area (Å²) in [4.78, 5) is 2.20. The van der Waals surface area contributed by atoms with Gasteiger partial charge in [0.15, 0.2) is 0 Å². The maximum absolute atomic E-state index is 8.63. The maximum atomic E-state index is 8.63. The summed E-state index contributed by atoms with van der Waals surface area (Å²) in [5.74, 6) is 0. The summed E-state index contributed by atoms with van der Waals surface area (Å²) in [6.07, 6.45) is 0. The number of benzene rings is 10. The lowest BCUT2D eigenvalue weighted by Gasteiger charge is -2.26. The molecule has 3 heteroatoms. The maximum Gasteiger partial charge on any atom is 0.143 e. The molecule has 0 saturated heterocycles. The Morgan fingerprint density at radius 1 is 0.390 bits per heavy atom. The number of anilines is 3. The topological polar surface area (TPSA) is 21.3 Å². The molecule has 0 N–H and O–H groups in total. The molecule has 0 spiro atoms. The highest BCUT2D eigenvalue weighted by Crippen LogP contribution is 2.42. The molecule has 59 heavy (non-hydrogen) atoms. The first-order chi connectivity index (χ1) is 31.3. The number of rotatable bonds is 6. The zero-order valence-electron chi connectivity index (χ0n) is 36.7. The SMILES string of the molecule is [2H]c1c([2H])c([2H])c(-c2ccc(N(c3ccc4ccc(-c5ccc6c(c5)c5ccccc5n6-c5ccccc5)cc4c3)c3ccc4c(ccc5c6ccccc6oc45)c3)cc2)c([2H])c1[2H]. The van der Waals surface area contributed by atoms with Crippen molar-refractivity contribution in [2.75, 3.05) is 4.90 Å². The molecule has 0 radical (unpaired) electrons. The van der Waals surface area contributed by atoms with Gasteiger partial charge in [0.25, 0.3) is 0 Å². The molecule has 0 aliphatic rings. The van der Waals surface area contributed by atoms with E-state index in [0.717, 1.165) is 82.9 Å². The molecule has 0 amide bonds. The van der Waals surface area contributed by atoms with Gasteiger partial charge in [-0.05, 0) is 129 Å². The first-order valence-electron chi connectivity index (χ1n) is 22.2. The van der Waals surface area contributed by atoms with Crippen molar-refractivity contribution in [3.05, 3.63) is 218 Å². The second-order valence-corrected chi connectivity index (χ2v) is 15.0. The van der Waals surface area contributed by atoms with Gasteiger partial charge in [-0.15, -0.1) is 0 Å². The minimum absolute atomic E-state index is 0.172. The van der Waals surface area contributed by atoms with E-state index in [-0.39, 0.29) is 29.7 Å². The highest BCUT2D eigenvalue weighted by atomic mass is 16.3. The predicted molar refractivity (Wildman–Crippen MR) is 249 cm³/mol. The standard InChI is InChI=1S/C56H36N2O/c1-3-11-37(12-4-1)38-21-26-45(27-22-38)57(47-29-31-48-42(34-47)24-30-51-50-16-8-10-18-55(50)59-56(48)51)46-28-23-39-19-20-40(33-43(39)35-46)41-25-32-54-52(36-41)49-15-7-9-17-53(49)58(54)44-13-5-2-6-14-44/h1-36H/i1D,3D,4D,11D,12D. The van der Waals surface area contributed by atoms with E-state index >= 15 is 0 Å². The Morgan fingerprint density at radius 2 is 1.02 bits per heavy atom. The average Bonchev–Trinajstić information content (AvgIpc) is 3.89. The van der Waals surface area contributed by atoms with Gasteiger partial charge in [0, 0.05) is 49.7 Å². The summed E-state index contributed by atoms with van der Waals surface area (Å²) in [5, 5.41) is 8.78. The van der Waals surface area contributed by atoms with Crippen molar-refractivity contribution in [1.29, 1.82) is 0 Å². The number of aromatic nitrogens is 1. The van der Waals surface area contributed by atoms with Crippen molar-refractivity contribution < 1.29 is 11.3 Å². The Hall–Kier alpha value is -7.88. The van der Waals surface area contributed by atoms with E-state index in [4.69, 9.17) is 11.3 Å². The van der Waals surface area contributed by atoms with Crippen molar-refractivity contribution in [2.24, 2.45) is 0 Å². The van der Waals surface area contributed by atoms with E-state index in [1.54, 1.807) is 0 Å². The molecule has 276 valence electrons. The molecular formula is C56H36N2O. The molecule has 2 heterocycles. The molecule has 10 aromatic carbocycles. The summed E-state index contributed by atoms with van der Waals surface area (Å²) >= 11 is 0. The van der Waals surface area contributed by atoms with Crippen LogP contribution in [0.4, 0.5) is 17.1 Å². The summed E-state index contributed by atoms with van der Waals surface area (Å²) in [6, 6.07) is 63.7. The molecule has 0 atom stereocenters. The molecule has 0 bridgehead atoms. The second kappa shape index (κ2) is 13.4. The molecule has 0 fully saturated rings.